The Labute approximate surface area is 170 Å². The van der Waals surface area contributed by atoms with Gasteiger partial charge < -0.3 is 5.32 Å². The van der Waals surface area contributed by atoms with E-state index >= 15 is 0 Å². The Kier molecular flexibility index (Phi) is 4.69. The molecule has 5 heteroatoms. The smallest absolute Gasteiger partial charge is 0.320 e. The number of benzene rings is 1. The third kappa shape index (κ3) is 3.36. The van der Waals surface area contributed by atoms with Crippen LogP contribution in [0, 0.1) is 23.7 Å². The van der Waals surface area contributed by atoms with Crippen molar-refractivity contribution in [2.24, 2.45) is 28.7 Å². The fraction of sp³-hybridized carbons (Fsp3) is 0.652. The molecule has 0 saturated heterocycles. The average molecular weight is 400 g/mol. The Hall–Kier alpha value is -1.49. The van der Waals surface area contributed by atoms with E-state index in [1.54, 1.807) is 0 Å². The van der Waals surface area contributed by atoms with Gasteiger partial charge in [-0.2, -0.15) is 0 Å². The molecule has 152 valence electrons. The van der Waals surface area contributed by atoms with Crippen LogP contribution in [0.3, 0.4) is 0 Å². The highest BCUT2D eigenvalue weighted by atomic mass is 32.3. The summed E-state index contributed by atoms with van der Waals surface area (Å²) in [6.07, 6.45) is 13.4. The van der Waals surface area contributed by atoms with Crippen LogP contribution in [-0.2, 0) is 6.54 Å². The molecule has 1 heterocycles. The summed E-state index contributed by atoms with van der Waals surface area (Å²) in [6.45, 7) is 0.637. The number of rotatable bonds is 4. The molecular weight excluding hydrogens is 366 g/mol. The Balaban J connectivity index is 1.36. The zero-order valence-corrected chi connectivity index (χ0v) is 17.9. The number of aliphatic imine (C=N–C) groups is 1. The molecule has 1 atom stereocenters. The van der Waals surface area contributed by atoms with Crippen molar-refractivity contribution >= 4 is 22.3 Å². The van der Waals surface area contributed by atoms with Crippen LogP contribution in [0.4, 0.5) is 4.79 Å². The number of carbonyl (C=O) groups excluding carboxylic acids is 1. The molecule has 1 aromatic carbocycles. The lowest BCUT2D eigenvalue weighted by Crippen LogP contribution is -2.58. The molecule has 1 unspecified atom stereocenters. The quantitative estimate of drug-likeness (QED) is 0.798. The maximum atomic E-state index is 13.6. The molecule has 1 aromatic rings. The van der Waals surface area contributed by atoms with Crippen LogP contribution in [-0.4, -0.2) is 46.9 Å². The summed E-state index contributed by atoms with van der Waals surface area (Å²) < 4.78 is 0. The first-order valence-corrected chi connectivity index (χ1v) is 13.5. The summed E-state index contributed by atoms with van der Waals surface area (Å²) >= 11 is 0. The molecule has 0 aromatic heterocycles. The molecular formula is C23H33N3OS. The number of nitrogens with one attached hydrogen (secondary N) is 1. The number of hydrogen-bond acceptors (Lipinski definition) is 2. The molecule has 5 aliphatic rings. The van der Waals surface area contributed by atoms with Gasteiger partial charge in [-0.25, -0.2) is 14.8 Å². The number of nitrogens with zero attached hydrogens (tertiary/aromatic N) is 2. The van der Waals surface area contributed by atoms with Crippen molar-refractivity contribution in [1.29, 1.82) is 0 Å². The first-order chi connectivity index (χ1) is 13.5. The van der Waals surface area contributed by atoms with E-state index in [1.165, 1.54) is 37.7 Å². The number of hydrogen-bond donors (Lipinski definition) is 1. The molecule has 4 fully saturated rings. The van der Waals surface area contributed by atoms with Gasteiger partial charge in [0.1, 0.15) is 0 Å². The van der Waals surface area contributed by atoms with Crippen molar-refractivity contribution in [2.75, 3.05) is 18.3 Å². The molecule has 28 heavy (non-hydrogen) atoms. The zero-order valence-electron chi connectivity index (χ0n) is 17.1. The molecule has 4 bridgehead atoms. The largest absolute Gasteiger partial charge is 0.335 e. The van der Waals surface area contributed by atoms with Crippen LogP contribution < -0.4 is 5.32 Å². The summed E-state index contributed by atoms with van der Waals surface area (Å²) in [5, 5.41) is 3.52. The Morgan fingerprint density at radius 1 is 1.07 bits per heavy atom. The lowest BCUT2D eigenvalue weighted by molar-refractivity contribution is -0.0112. The maximum Gasteiger partial charge on any atom is 0.320 e. The SMILES string of the molecule is CS1(C)CC=NC1N(Cc1ccccc1)C(=O)NC1C2CC3CC(C2)CC1C3. The highest BCUT2D eigenvalue weighted by molar-refractivity contribution is 8.33. The topological polar surface area (TPSA) is 44.7 Å². The van der Waals surface area contributed by atoms with E-state index in [2.05, 4.69) is 42.1 Å². The fourth-order valence-electron chi connectivity index (χ4n) is 6.42. The standard InChI is InChI=1S/C23H33N3OS/c1-28(2)9-8-24-23(28)26(15-16-6-4-3-5-7-16)22(27)25-21-19-11-17-10-18(13-19)14-20(21)12-17/h3-8,17-21,23H,9-15H2,1-2H3,(H,25,27). The second-order valence-electron chi connectivity index (χ2n) is 9.97. The van der Waals surface area contributed by atoms with Crippen LogP contribution in [0.1, 0.15) is 37.7 Å². The van der Waals surface area contributed by atoms with Crippen molar-refractivity contribution < 1.29 is 4.79 Å². The highest BCUT2D eigenvalue weighted by Gasteiger charge is 2.49. The summed E-state index contributed by atoms with van der Waals surface area (Å²) in [7, 11) is -0.970. The molecule has 1 aliphatic heterocycles. The van der Waals surface area contributed by atoms with Gasteiger partial charge in [0.2, 0.25) is 0 Å². The van der Waals surface area contributed by atoms with E-state index in [4.69, 9.17) is 4.99 Å². The zero-order chi connectivity index (χ0) is 19.3. The third-order valence-electron chi connectivity index (χ3n) is 7.55. The van der Waals surface area contributed by atoms with Crippen molar-refractivity contribution in [2.45, 2.75) is 50.2 Å². The monoisotopic (exact) mass is 399 g/mol. The molecule has 0 spiro atoms. The second-order valence-corrected chi connectivity index (χ2v) is 14.0. The van der Waals surface area contributed by atoms with E-state index < -0.39 is 10.0 Å². The summed E-state index contributed by atoms with van der Waals surface area (Å²) in [4.78, 5) is 20.4. The molecule has 2 amide bonds. The van der Waals surface area contributed by atoms with Crippen LogP contribution in [0.25, 0.3) is 0 Å². The van der Waals surface area contributed by atoms with Crippen molar-refractivity contribution in [3.8, 4) is 0 Å². The first kappa shape index (κ1) is 18.5. The maximum absolute atomic E-state index is 13.6. The van der Waals surface area contributed by atoms with Crippen LogP contribution in [0.5, 0.6) is 0 Å². The normalized spacial score (nSPS) is 38.4. The number of amides is 2. The first-order valence-electron chi connectivity index (χ1n) is 10.8. The van der Waals surface area contributed by atoms with Gasteiger partial charge in [0, 0.05) is 18.0 Å². The van der Waals surface area contributed by atoms with Gasteiger partial charge in [-0.05, 0) is 73.9 Å². The van der Waals surface area contributed by atoms with Crippen LogP contribution in [0.15, 0.2) is 35.3 Å². The molecule has 4 saturated carbocycles. The minimum Gasteiger partial charge on any atom is -0.335 e. The van der Waals surface area contributed by atoms with Gasteiger partial charge in [0.15, 0.2) is 5.50 Å². The van der Waals surface area contributed by atoms with E-state index in [1.807, 2.05) is 17.2 Å². The van der Waals surface area contributed by atoms with E-state index in [9.17, 15) is 4.79 Å². The molecule has 0 radical (unpaired) electrons. The predicted octanol–water partition coefficient (Wildman–Crippen LogP) is 4.46. The van der Waals surface area contributed by atoms with Gasteiger partial charge in [-0.1, -0.05) is 30.3 Å². The van der Waals surface area contributed by atoms with Crippen molar-refractivity contribution in [3.05, 3.63) is 35.9 Å². The van der Waals surface area contributed by atoms with Crippen LogP contribution >= 0.6 is 10.0 Å². The number of carbonyl (C=O) groups is 1. The summed E-state index contributed by atoms with van der Waals surface area (Å²) in [5.74, 6) is 4.27. The van der Waals surface area contributed by atoms with Crippen LogP contribution in [0.2, 0.25) is 0 Å². The Bertz CT molecular complexity index is 734. The van der Waals surface area contributed by atoms with E-state index in [0.29, 0.717) is 24.4 Å². The van der Waals surface area contributed by atoms with Gasteiger partial charge in [0.25, 0.3) is 0 Å². The highest BCUT2D eigenvalue weighted by Crippen LogP contribution is 2.54. The molecule has 4 nitrogen and oxygen atoms in total. The lowest BCUT2D eigenvalue weighted by atomic mass is 9.54. The van der Waals surface area contributed by atoms with Gasteiger partial charge in [0.05, 0.1) is 6.54 Å². The molecule has 6 rings (SSSR count). The molecule has 4 aliphatic carbocycles. The van der Waals surface area contributed by atoms with Gasteiger partial charge >= 0.3 is 6.03 Å². The summed E-state index contributed by atoms with van der Waals surface area (Å²) in [5.41, 5.74) is 1.17. The van der Waals surface area contributed by atoms with E-state index in [-0.39, 0.29) is 11.5 Å². The van der Waals surface area contributed by atoms with Crippen molar-refractivity contribution in [1.82, 2.24) is 10.2 Å². The van der Waals surface area contributed by atoms with E-state index in [0.717, 1.165) is 17.6 Å². The lowest BCUT2D eigenvalue weighted by Gasteiger charge is -2.54. The average Bonchev–Trinajstić information content (AvgIpc) is 3.01. The Morgan fingerprint density at radius 3 is 2.29 bits per heavy atom. The number of urea groups is 1. The fourth-order valence-corrected chi connectivity index (χ4v) is 8.33. The second kappa shape index (κ2) is 7.08. The van der Waals surface area contributed by atoms with Gasteiger partial charge in [-0.15, -0.1) is 0 Å². The minimum atomic E-state index is -0.970. The Morgan fingerprint density at radius 2 is 1.71 bits per heavy atom. The van der Waals surface area contributed by atoms with Gasteiger partial charge in [-0.3, -0.25) is 9.89 Å². The third-order valence-corrected chi connectivity index (χ3v) is 10.1. The molecule has 1 N–H and O–H groups in total. The van der Waals surface area contributed by atoms with Crippen molar-refractivity contribution in [3.63, 3.8) is 0 Å². The predicted molar refractivity (Wildman–Crippen MR) is 118 cm³/mol. The minimum absolute atomic E-state index is 0.00969. The summed E-state index contributed by atoms with van der Waals surface area (Å²) in [6, 6.07) is 10.9.